The Morgan fingerprint density at radius 1 is 1.29 bits per heavy atom. The Labute approximate surface area is 164 Å². The number of hydrogen-bond acceptors (Lipinski definition) is 5. The van der Waals surface area contributed by atoms with Gasteiger partial charge in [-0.1, -0.05) is 13.0 Å². The summed E-state index contributed by atoms with van der Waals surface area (Å²) in [7, 11) is 0. The fourth-order valence-electron chi connectivity index (χ4n) is 3.60. The number of anilines is 3. The minimum atomic E-state index is -0.279. The van der Waals surface area contributed by atoms with Crippen molar-refractivity contribution >= 4 is 29.3 Å². The number of nitrogens with one attached hydrogen (secondary N) is 2. The summed E-state index contributed by atoms with van der Waals surface area (Å²) in [4.78, 5) is 38.2. The van der Waals surface area contributed by atoms with Crippen LogP contribution in [-0.4, -0.2) is 47.1 Å². The number of carbonyl (C=O) groups is 2. The highest BCUT2D eigenvalue weighted by Gasteiger charge is 2.40. The summed E-state index contributed by atoms with van der Waals surface area (Å²) in [6.45, 7) is 5.60. The minimum absolute atomic E-state index is 0.0246. The van der Waals surface area contributed by atoms with Gasteiger partial charge in [0, 0.05) is 25.3 Å². The lowest BCUT2D eigenvalue weighted by molar-refractivity contribution is 0.0934. The van der Waals surface area contributed by atoms with E-state index in [4.69, 9.17) is 0 Å². The number of rotatable bonds is 4. The largest absolute Gasteiger partial charge is 0.366 e. The van der Waals surface area contributed by atoms with E-state index in [1.54, 1.807) is 29.3 Å². The average molecular weight is 380 g/mol. The van der Waals surface area contributed by atoms with Crippen LogP contribution in [0.4, 0.5) is 22.1 Å². The van der Waals surface area contributed by atoms with Crippen molar-refractivity contribution in [2.45, 2.75) is 38.8 Å². The SMILES string of the molecule is CC[C@H](C)NC(=O)c1ccc2c(n1)N(C(=O)Nc1ccccn1)[C@H]1CCN2C1. The van der Waals surface area contributed by atoms with Gasteiger partial charge < -0.3 is 10.2 Å². The second-order valence-corrected chi connectivity index (χ2v) is 7.23. The van der Waals surface area contributed by atoms with Crippen molar-refractivity contribution in [2.24, 2.45) is 0 Å². The molecule has 2 N–H and O–H groups in total. The number of fused-ring (bicyclic) bond motifs is 4. The van der Waals surface area contributed by atoms with Crippen molar-refractivity contribution in [2.75, 3.05) is 28.2 Å². The van der Waals surface area contributed by atoms with Gasteiger partial charge in [0.2, 0.25) is 0 Å². The molecule has 8 nitrogen and oxygen atoms in total. The molecule has 0 aliphatic carbocycles. The van der Waals surface area contributed by atoms with Gasteiger partial charge >= 0.3 is 6.03 Å². The maximum atomic E-state index is 13.0. The molecule has 2 atom stereocenters. The molecule has 3 amide bonds. The van der Waals surface area contributed by atoms with Gasteiger partial charge in [-0.25, -0.2) is 14.8 Å². The fraction of sp³-hybridized carbons (Fsp3) is 0.400. The molecule has 2 aromatic heterocycles. The van der Waals surface area contributed by atoms with E-state index in [2.05, 4.69) is 25.5 Å². The molecular formula is C20H24N6O2. The van der Waals surface area contributed by atoms with E-state index < -0.39 is 0 Å². The van der Waals surface area contributed by atoms with Crippen molar-refractivity contribution in [3.63, 3.8) is 0 Å². The van der Waals surface area contributed by atoms with Crippen LogP contribution < -0.4 is 20.4 Å². The van der Waals surface area contributed by atoms with Crippen LogP contribution in [0, 0.1) is 0 Å². The highest BCUT2D eigenvalue weighted by molar-refractivity contribution is 6.05. The van der Waals surface area contributed by atoms with Gasteiger partial charge in [0.15, 0.2) is 5.82 Å². The fourth-order valence-corrected chi connectivity index (χ4v) is 3.60. The van der Waals surface area contributed by atoms with Crippen LogP contribution in [0.2, 0.25) is 0 Å². The smallest absolute Gasteiger partial charge is 0.329 e. The Morgan fingerprint density at radius 2 is 2.14 bits per heavy atom. The molecule has 0 spiro atoms. The Morgan fingerprint density at radius 3 is 2.89 bits per heavy atom. The number of hydrogen-bond donors (Lipinski definition) is 2. The molecule has 2 bridgehead atoms. The van der Waals surface area contributed by atoms with Crippen LogP contribution in [0.5, 0.6) is 0 Å². The molecule has 1 saturated heterocycles. The summed E-state index contributed by atoms with van der Waals surface area (Å²) < 4.78 is 0. The number of amides is 3. The number of aromatic nitrogens is 2. The van der Waals surface area contributed by atoms with E-state index in [0.29, 0.717) is 17.3 Å². The molecule has 0 unspecified atom stereocenters. The summed E-state index contributed by atoms with van der Waals surface area (Å²) in [5.41, 5.74) is 1.20. The lowest BCUT2D eigenvalue weighted by atomic mass is 10.1. The van der Waals surface area contributed by atoms with Gasteiger partial charge in [0.1, 0.15) is 11.5 Å². The first-order valence-corrected chi connectivity index (χ1v) is 9.65. The zero-order valence-corrected chi connectivity index (χ0v) is 16.1. The molecule has 0 aromatic carbocycles. The van der Waals surface area contributed by atoms with E-state index in [1.807, 2.05) is 26.0 Å². The Kier molecular flexibility index (Phi) is 4.85. The predicted octanol–water partition coefficient (Wildman–Crippen LogP) is 2.64. The Bertz CT molecular complexity index is 888. The molecular weight excluding hydrogens is 356 g/mol. The molecule has 4 heterocycles. The number of urea groups is 1. The Balaban J connectivity index is 1.65. The zero-order chi connectivity index (χ0) is 19.7. The van der Waals surface area contributed by atoms with E-state index in [-0.39, 0.29) is 24.0 Å². The zero-order valence-electron chi connectivity index (χ0n) is 16.1. The second kappa shape index (κ2) is 7.46. The summed E-state index contributed by atoms with van der Waals surface area (Å²) in [6.07, 6.45) is 3.33. The number of pyridine rings is 2. The van der Waals surface area contributed by atoms with Gasteiger partial charge in [-0.2, -0.15) is 0 Å². The topological polar surface area (TPSA) is 90.5 Å². The standard InChI is InChI=1S/C20H24N6O2/c1-3-13(2)22-19(27)15-7-8-16-18(23-15)26(14-9-11-25(16)12-14)20(28)24-17-6-4-5-10-21-17/h4-8,10,13-14H,3,9,11-12H2,1-2H3,(H,22,27)(H,21,24,28)/t13-,14-/m0/s1. The lowest BCUT2D eigenvalue weighted by Crippen LogP contribution is -2.48. The van der Waals surface area contributed by atoms with E-state index in [0.717, 1.165) is 31.6 Å². The van der Waals surface area contributed by atoms with Crippen LogP contribution in [0.15, 0.2) is 36.5 Å². The molecule has 0 saturated carbocycles. The minimum Gasteiger partial charge on any atom is -0.366 e. The van der Waals surface area contributed by atoms with Crippen molar-refractivity contribution in [1.82, 2.24) is 15.3 Å². The van der Waals surface area contributed by atoms with Crippen LogP contribution in [0.1, 0.15) is 37.2 Å². The lowest BCUT2D eigenvalue weighted by Gasteiger charge is -2.35. The molecule has 1 fully saturated rings. The summed E-state index contributed by atoms with van der Waals surface area (Å²) in [6, 6.07) is 8.78. The van der Waals surface area contributed by atoms with E-state index in [9.17, 15) is 9.59 Å². The molecule has 2 aliphatic heterocycles. The molecule has 28 heavy (non-hydrogen) atoms. The van der Waals surface area contributed by atoms with Crippen LogP contribution in [-0.2, 0) is 0 Å². The van der Waals surface area contributed by atoms with Crippen molar-refractivity contribution in [3.8, 4) is 0 Å². The van der Waals surface area contributed by atoms with Crippen molar-refractivity contribution in [1.29, 1.82) is 0 Å². The second-order valence-electron chi connectivity index (χ2n) is 7.23. The maximum Gasteiger partial charge on any atom is 0.329 e. The van der Waals surface area contributed by atoms with Gasteiger partial charge in [-0.15, -0.1) is 0 Å². The Hall–Kier alpha value is -3.16. The van der Waals surface area contributed by atoms with Gasteiger partial charge in [-0.05, 0) is 44.0 Å². The van der Waals surface area contributed by atoms with Gasteiger partial charge in [0.05, 0.1) is 11.7 Å². The molecule has 4 rings (SSSR count). The number of carbonyl (C=O) groups excluding carboxylic acids is 2. The monoisotopic (exact) mass is 380 g/mol. The van der Waals surface area contributed by atoms with Crippen molar-refractivity contribution in [3.05, 3.63) is 42.2 Å². The third-order valence-electron chi connectivity index (χ3n) is 5.29. The highest BCUT2D eigenvalue weighted by Crippen LogP contribution is 2.39. The summed E-state index contributed by atoms with van der Waals surface area (Å²) in [5, 5.41) is 5.77. The van der Waals surface area contributed by atoms with Gasteiger partial charge in [0.25, 0.3) is 5.91 Å². The van der Waals surface area contributed by atoms with Crippen LogP contribution in [0.3, 0.4) is 0 Å². The van der Waals surface area contributed by atoms with E-state index in [1.165, 1.54) is 0 Å². The third-order valence-corrected chi connectivity index (χ3v) is 5.29. The summed E-state index contributed by atoms with van der Waals surface area (Å²) >= 11 is 0. The van der Waals surface area contributed by atoms with E-state index >= 15 is 0 Å². The first-order valence-electron chi connectivity index (χ1n) is 9.65. The normalized spacial score (nSPS) is 18.4. The maximum absolute atomic E-state index is 13.0. The van der Waals surface area contributed by atoms with Crippen LogP contribution >= 0.6 is 0 Å². The molecule has 8 heteroatoms. The first-order chi connectivity index (χ1) is 13.6. The quantitative estimate of drug-likeness (QED) is 0.851. The molecule has 146 valence electrons. The molecule has 2 aliphatic rings. The predicted molar refractivity (Wildman–Crippen MR) is 108 cm³/mol. The van der Waals surface area contributed by atoms with Crippen molar-refractivity contribution < 1.29 is 9.59 Å². The highest BCUT2D eigenvalue weighted by atomic mass is 16.2. The van der Waals surface area contributed by atoms with Crippen LogP contribution in [0.25, 0.3) is 0 Å². The molecule has 2 aromatic rings. The van der Waals surface area contributed by atoms with Gasteiger partial charge in [-0.3, -0.25) is 15.0 Å². The first kappa shape index (κ1) is 18.2. The number of nitrogens with zero attached hydrogens (tertiary/aromatic N) is 4. The summed E-state index contributed by atoms with van der Waals surface area (Å²) in [5.74, 6) is 0.786. The molecule has 0 radical (unpaired) electrons. The third kappa shape index (κ3) is 3.37. The average Bonchev–Trinajstić information content (AvgIpc) is 3.12.